The minimum atomic E-state index is -0.423. The van der Waals surface area contributed by atoms with Crippen molar-refractivity contribution >= 4 is 28.4 Å². The molecule has 6 heteroatoms. The summed E-state index contributed by atoms with van der Waals surface area (Å²) in [5.74, 6) is 1.08. The van der Waals surface area contributed by atoms with E-state index in [0.29, 0.717) is 17.3 Å². The predicted molar refractivity (Wildman–Crippen MR) is 140 cm³/mol. The number of imide groups is 1. The van der Waals surface area contributed by atoms with Crippen molar-refractivity contribution in [2.45, 2.75) is 39.7 Å². The molecule has 4 aromatic rings. The van der Waals surface area contributed by atoms with Crippen molar-refractivity contribution in [3.8, 4) is 11.3 Å². The van der Waals surface area contributed by atoms with Gasteiger partial charge in [0.2, 0.25) is 5.91 Å². The lowest BCUT2D eigenvalue weighted by atomic mass is 9.88. The number of aryl methyl sites for hydroxylation is 1. The summed E-state index contributed by atoms with van der Waals surface area (Å²) in [7, 11) is 0. The molecule has 2 aromatic heterocycles. The number of nitrogens with zero attached hydrogens (tertiary/aromatic N) is 2. The molecule has 0 aliphatic carbocycles. The van der Waals surface area contributed by atoms with Gasteiger partial charge in [0.15, 0.2) is 0 Å². The number of anilines is 1. The molecular weight excluding hydrogens is 450 g/mol. The maximum absolute atomic E-state index is 13.6. The molecule has 0 radical (unpaired) electrons. The molecule has 0 saturated heterocycles. The van der Waals surface area contributed by atoms with Gasteiger partial charge in [-0.25, -0.2) is 0 Å². The van der Waals surface area contributed by atoms with Gasteiger partial charge in [0.05, 0.1) is 23.6 Å². The van der Waals surface area contributed by atoms with Crippen molar-refractivity contribution < 1.29 is 14.0 Å². The molecule has 6 rings (SSSR count). The summed E-state index contributed by atoms with van der Waals surface area (Å²) < 4.78 is 8.73. The Hall–Kier alpha value is -4.06. The summed E-state index contributed by atoms with van der Waals surface area (Å²) in [5.41, 5.74) is 5.43. The van der Waals surface area contributed by atoms with Gasteiger partial charge in [-0.1, -0.05) is 50.2 Å². The third kappa shape index (κ3) is 3.56. The van der Waals surface area contributed by atoms with E-state index in [1.807, 2.05) is 54.6 Å². The van der Waals surface area contributed by atoms with E-state index in [1.54, 1.807) is 0 Å². The Kier molecular flexibility index (Phi) is 5.32. The first kappa shape index (κ1) is 22.4. The molecule has 36 heavy (non-hydrogen) atoms. The second-order valence-electron chi connectivity index (χ2n) is 10.1. The van der Waals surface area contributed by atoms with Crippen LogP contribution in [0.4, 0.5) is 5.69 Å². The standard InChI is InChI=1S/C30H29N3O3/c1-18(2)14-15-32-16-21-27-22(10-7-11-24(27)32)31-23-17-33(19(3)34)30(35)29(23)28(21)26-13-12-25(36-26)20-8-5-4-6-9-20/h4-13,16,18,28,31H,14-15,17H2,1-3H3/t28-/m1/s1. The van der Waals surface area contributed by atoms with E-state index in [2.05, 4.69) is 36.0 Å². The molecule has 0 saturated carbocycles. The van der Waals surface area contributed by atoms with Crippen LogP contribution >= 0.6 is 0 Å². The number of benzene rings is 2. The average Bonchev–Trinajstić information content (AvgIpc) is 3.55. The van der Waals surface area contributed by atoms with Crippen molar-refractivity contribution in [2.75, 3.05) is 11.9 Å². The SMILES string of the molecule is CC(=O)N1CC2=C(C1=O)[C@@H](c1ccc(-c3ccccc3)o1)c1cn(CCC(C)C)c3cccc(c13)N2. The Balaban J connectivity index is 1.56. The second kappa shape index (κ2) is 8.55. The number of nitrogens with one attached hydrogen (secondary N) is 1. The van der Waals surface area contributed by atoms with Crippen LogP contribution in [0.3, 0.4) is 0 Å². The molecule has 2 aliphatic rings. The van der Waals surface area contributed by atoms with Gasteiger partial charge in [-0.2, -0.15) is 0 Å². The maximum Gasteiger partial charge on any atom is 0.259 e. The molecule has 0 fully saturated rings. The Morgan fingerprint density at radius 1 is 1.08 bits per heavy atom. The molecule has 182 valence electrons. The predicted octanol–water partition coefficient (Wildman–Crippen LogP) is 6.15. The third-order valence-corrected chi connectivity index (χ3v) is 7.23. The highest BCUT2D eigenvalue weighted by Crippen LogP contribution is 2.47. The van der Waals surface area contributed by atoms with E-state index in [9.17, 15) is 9.59 Å². The van der Waals surface area contributed by atoms with Crippen molar-refractivity contribution in [1.29, 1.82) is 0 Å². The maximum atomic E-state index is 13.6. The van der Waals surface area contributed by atoms with Crippen LogP contribution in [-0.4, -0.2) is 27.8 Å². The van der Waals surface area contributed by atoms with Gasteiger partial charge in [-0.05, 0) is 42.2 Å². The van der Waals surface area contributed by atoms with Gasteiger partial charge < -0.3 is 14.3 Å². The number of rotatable bonds is 5. The zero-order valence-electron chi connectivity index (χ0n) is 20.7. The highest BCUT2D eigenvalue weighted by Gasteiger charge is 2.42. The lowest BCUT2D eigenvalue weighted by Gasteiger charge is -2.17. The molecule has 4 heterocycles. The summed E-state index contributed by atoms with van der Waals surface area (Å²) in [6.07, 6.45) is 3.22. The smallest absolute Gasteiger partial charge is 0.259 e. The van der Waals surface area contributed by atoms with Crippen molar-refractivity contribution in [2.24, 2.45) is 5.92 Å². The molecule has 1 atom stereocenters. The van der Waals surface area contributed by atoms with Crippen LogP contribution in [0.25, 0.3) is 22.2 Å². The molecule has 0 unspecified atom stereocenters. The van der Waals surface area contributed by atoms with E-state index in [1.165, 1.54) is 11.8 Å². The first-order valence-electron chi connectivity index (χ1n) is 12.5. The van der Waals surface area contributed by atoms with Crippen LogP contribution in [0, 0.1) is 5.92 Å². The Morgan fingerprint density at radius 2 is 1.89 bits per heavy atom. The fourth-order valence-corrected chi connectivity index (χ4v) is 5.42. The summed E-state index contributed by atoms with van der Waals surface area (Å²) in [4.78, 5) is 27.3. The lowest BCUT2D eigenvalue weighted by molar-refractivity contribution is -0.139. The van der Waals surface area contributed by atoms with Gasteiger partial charge in [-0.15, -0.1) is 0 Å². The van der Waals surface area contributed by atoms with Gasteiger partial charge in [0.1, 0.15) is 11.5 Å². The van der Waals surface area contributed by atoms with E-state index < -0.39 is 5.92 Å². The minimum Gasteiger partial charge on any atom is -0.460 e. The fraction of sp³-hybridized carbons (Fsp3) is 0.267. The van der Waals surface area contributed by atoms with Crippen LogP contribution in [0.5, 0.6) is 0 Å². The quantitative estimate of drug-likeness (QED) is 0.373. The lowest BCUT2D eigenvalue weighted by Crippen LogP contribution is -2.33. The Morgan fingerprint density at radius 3 is 2.64 bits per heavy atom. The molecule has 6 nitrogen and oxygen atoms in total. The van der Waals surface area contributed by atoms with Crippen molar-refractivity contribution in [1.82, 2.24) is 9.47 Å². The first-order chi connectivity index (χ1) is 17.4. The summed E-state index contributed by atoms with van der Waals surface area (Å²) in [5, 5.41) is 4.63. The van der Waals surface area contributed by atoms with Crippen LogP contribution in [0.1, 0.15) is 44.4 Å². The molecular formula is C30H29N3O3. The summed E-state index contributed by atoms with van der Waals surface area (Å²) >= 11 is 0. The zero-order valence-corrected chi connectivity index (χ0v) is 20.7. The highest BCUT2D eigenvalue weighted by atomic mass is 16.3. The third-order valence-electron chi connectivity index (χ3n) is 7.23. The number of carbonyl (C=O) groups excluding carboxylic acids is 2. The van der Waals surface area contributed by atoms with Crippen LogP contribution in [-0.2, 0) is 16.1 Å². The summed E-state index contributed by atoms with van der Waals surface area (Å²) in [6, 6.07) is 20.1. The van der Waals surface area contributed by atoms with Gasteiger partial charge >= 0.3 is 0 Å². The molecule has 2 aliphatic heterocycles. The molecule has 0 bridgehead atoms. The van der Waals surface area contributed by atoms with E-state index >= 15 is 0 Å². The van der Waals surface area contributed by atoms with Crippen molar-refractivity contribution in [3.63, 3.8) is 0 Å². The molecule has 0 spiro atoms. The molecule has 2 aromatic carbocycles. The zero-order chi connectivity index (χ0) is 25.0. The van der Waals surface area contributed by atoms with Gasteiger partial charge in [-0.3, -0.25) is 14.5 Å². The topological polar surface area (TPSA) is 67.5 Å². The first-order valence-corrected chi connectivity index (χ1v) is 12.5. The van der Waals surface area contributed by atoms with E-state index in [4.69, 9.17) is 4.42 Å². The van der Waals surface area contributed by atoms with Crippen LogP contribution < -0.4 is 5.32 Å². The van der Waals surface area contributed by atoms with Crippen LogP contribution in [0.2, 0.25) is 0 Å². The monoisotopic (exact) mass is 479 g/mol. The number of amides is 2. The Bertz CT molecular complexity index is 1520. The number of aromatic nitrogens is 1. The minimum absolute atomic E-state index is 0.236. The highest BCUT2D eigenvalue weighted by molar-refractivity contribution is 6.11. The fourth-order valence-electron chi connectivity index (χ4n) is 5.42. The largest absolute Gasteiger partial charge is 0.460 e. The Labute approximate surface area is 210 Å². The van der Waals surface area contributed by atoms with Gasteiger partial charge in [0, 0.05) is 42.0 Å². The number of hydrogen-bond acceptors (Lipinski definition) is 4. The van der Waals surface area contributed by atoms with E-state index in [-0.39, 0.29) is 18.4 Å². The molecule has 1 N–H and O–H groups in total. The van der Waals surface area contributed by atoms with Crippen LogP contribution in [0.15, 0.2) is 82.5 Å². The van der Waals surface area contributed by atoms with E-state index in [0.717, 1.165) is 52.1 Å². The average molecular weight is 480 g/mol. The molecule has 2 amide bonds. The van der Waals surface area contributed by atoms with Crippen molar-refractivity contribution in [3.05, 3.63) is 89.5 Å². The number of furan rings is 1. The number of hydrogen-bond donors (Lipinski definition) is 1. The second-order valence-corrected chi connectivity index (χ2v) is 10.1. The normalized spacial score (nSPS) is 17.1. The van der Waals surface area contributed by atoms with Gasteiger partial charge in [0.25, 0.3) is 5.91 Å². The summed E-state index contributed by atoms with van der Waals surface area (Å²) in [6.45, 7) is 7.01. The number of carbonyl (C=O) groups is 2.